The number of nitrogens with one attached hydrogen (secondary N) is 1. The molecule has 0 amide bonds. The number of piperidine rings is 1. The summed E-state index contributed by atoms with van der Waals surface area (Å²) in [7, 11) is -4.09. The molecular formula is C22H23ClF3N5O3S2. The van der Waals surface area contributed by atoms with Gasteiger partial charge in [0.25, 0.3) is 6.43 Å². The molecule has 194 valence electrons. The average Bonchev–Trinajstić information content (AvgIpc) is 3.26. The van der Waals surface area contributed by atoms with E-state index in [4.69, 9.17) is 16.3 Å². The van der Waals surface area contributed by atoms with Crippen LogP contribution in [0.5, 0.6) is 0 Å². The Labute approximate surface area is 214 Å². The van der Waals surface area contributed by atoms with Crippen LogP contribution in [-0.4, -0.2) is 61.5 Å². The Balaban J connectivity index is 1.48. The van der Waals surface area contributed by atoms with Gasteiger partial charge in [-0.1, -0.05) is 22.9 Å². The van der Waals surface area contributed by atoms with Crippen molar-refractivity contribution in [3.8, 4) is 10.7 Å². The van der Waals surface area contributed by atoms with E-state index in [1.165, 1.54) is 6.20 Å². The molecular weight excluding hydrogens is 539 g/mol. The fraction of sp³-hybridized carbons (Fsp3) is 0.545. The number of nitrogens with zero attached hydrogens (tertiary/aromatic N) is 4. The molecule has 8 nitrogen and oxygen atoms in total. The molecule has 0 atom stereocenters. The summed E-state index contributed by atoms with van der Waals surface area (Å²) in [4.78, 5) is 2.02. The Morgan fingerprint density at radius 2 is 1.89 bits per heavy atom. The number of hydrogen-bond acceptors (Lipinski definition) is 7. The maximum absolute atomic E-state index is 13.5. The molecule has 1 spiro atoms. The van der Waals surface area contributed by atoms with Gasteiger partial charge in [-0.2, -0.15) is 0 Å². The lowest BCUT2D eigenvalue weighted by Crippen LogP contribution is -2.51. The van der Waals surface area contributed by atoms with Gasteiger partial charge in [0.15, 0.2) is 10.0 Å². The van der Waals surface area contributed by atoms with Gasteiger partial charge in [-0.25, -0.2) is 26.3 Å². The molecule has 0 aromatic carbocycles. The van der Waals surface area contributed by atoms with Crippen LogP contribution in [0.4, 0.5) is 18.9 Å². The fourth-order valence-electron chi connectivity index (χ4n) is 4.88. The van der Waals surface area contributed by atoms with Crippen molar-refractivity contribution in [3.05, 3.63) is 28.4 Å². The van der Waals surface area contributed by atoms with Crippen molar-refractivity contribution in [1.29, 1.82) is 0 Å². The second-order valence-corrected chi connectivity index (χ2v) is 13.0. The molecule has 3 aromatic rings. The van der Waals surface area contributed by atoms with E-state index < -0.39 is 33.7 Å². The van der Waals surface area contributed by atoms with E-state index in [1.807, 2.05) is 0 Å². The van der Waals surface area contributed by atoms with Gasteiger partial charge < -0.3 is 14.0 Å². The number of rotatable bonds is 7. The number of sulfonamides is 1. The highest BCUT2D eigenvalue weighted by Crippen LogP contribution is 2.44. The molecule has 0 bridgehead atoms. The van der Waals surface area contributed by atoms with E-state index in [9.17, 15) is 21.6 Å². The maximum Gasteiger partial charge on any atom is 0.291 e. The summed E-state index contributed by atoms with van der Waals surface area (Å²) in [5.74, 6) is 0. The third-order valence-electron chi connectivity index (χ3n) is 7.37. The Kier molecular flexibility index (Phi) is 5.80. The van der Waals surface area contributed by atoms with Crippen molar-refractivity contribution in [2.75, 3.05) is 37.9 Å². The van der Waals surface area contributed by atoms with Crippen LogP contribution in [0.1, 0.15) is 37.1 Å². The van der Waals surface area contributed by atoms with Gasteiger partial charge in [0.05, 0.1) is 40.7 Å². The normalized spacial score (nSPS) is 20.9. The quantitative estimate of drug-likeness (QED) is 0.459. The standard InChI is InChI=1S/C22H23ClF3N5O3S2/c23-14-8-16(19-27-28-20(35-19)18(25)26)31-9-13(36(32,33)29-22(10-24)1-2-22)7-15(17(14)31)30-5-3-21(4-6-30)11-34-12-21/h7-9,18,29H,1-6,10-12H2. The molecule has 0 unspecified atom stereocenters. The third kappa shape index (κ3) is 4.08. The van der Waals surface area contributed by atoms with Crippen LogP contribution in [0.15, 0.2) is 23.2 Å². The molecule has 6 rings (SSSR count). The van der Waals surface area contributed by atoms with Gasteiger partial charge >= 0.3 is 0 Å². The van der Waals surface area contributed by atoms with Crippen molar-refractivity contribution in [1.82, 2.24) is 19.3 Å². The van der Waals surface area contributed by atoms with Gasteiger partial charge in [0.2, 0.25) is 10.0 Å². The second kappa shape index (κ2) is 8.55. The lowest BCUT2D eigenvalue weighted by Gasteiger charge is -2.48. The highest BCUT2D eigenvalue weighted by Gasteiger charge is 2.47. The zero-order chi connectivity index (χ0) is 25.3. The van der Waals surface area contributed by atoms with Crippen LogP contribution in [0.2, 0.25) is 5.02 Å². The van der Waals surface area contributed by atoms with Crippen molar-refractivity contribution in [2.45, 2.75) is 42.5 Å². The molecule has 2 aliphatic heterocycles. The molecule has 36 heavy (non-hydrogen) atoms. The summed E-state index contributed by atoms with van der Waals surface area (Å²) >= 11 is 7.36. The molecule has 3 aromatic heterocycles. The molecule has 2 saturated heterocycles. The summed E-state index contributed by atoms with van der Waals surface area (Å²) in [6.07, 6.45) is 1.23. The van der Waals surface area contributed by atoms with Gasteiger partial charge in [-0.05, 0) is 37.8 Å². The van der Waals surface area contributed by atoms with Crippen molar-refractivity contribution in [3.63, 3.8) is 0 Å². The molecule has 14 heteroatoms. The van der Waals surface area contributed by atoms with Crippen molar-refractivity contribution in [2.24, 2.45) is 5.41 Å². The summed E-state index contributed by atoms with van der Waals surface area (Å²) in [6.45, 7) is 2.00. The van der Waals surface area contributed by atoms with Crippen LogP contribution in [0.3, 0.4) is 0 Å². The molecule has 1 N–H and O–H groups in total. The monoisotopic (exact) mass is 561 g/mol. The fourth-order valence-corrected chi connectivity index (χ4v) is 7.34. The summed E-state index contributed by atoms with van der Waals surface area (Å²) in [6, 6.07) is 3.14. The minimum Gasteiger partial charge on any atom is -0.380 e. The van der Waals surface area contributed by atoms with Gasteiger partial charge in [0, 0.05) is 24.7 Å². The zero-order valence-electron chi connectivity index (χ0n) is 19.0. The lowest BCUT2D eigenvalue weighted by atomic mass is 9.77. The minimum absolute atomic E-state index is 0.0656. The molecule has 0 radical (unpaired) electrons. The van der Waals surface area contributed by atoms with Gasteiger partial charge in [0.1, 0.15) is 11.6 Å². The average molecular weight is 562 g/mol. The van der Waals surface area contributed by atoms with Crippen LogP contribution >= 0.6 is 22.9 Å². The number of alkyl halides is 3. The molecule has 3 fully saturated rings. The first-order valence-electron chi connectivity index (χ1n) is 11.5. The topological polar surface area (TPSA) is 88.8 Å². The molecule has 3 aliphatic rings. The number of halogens is 4. The second-order valence-electron chi connectivity index (χ2n) is 9.90. The van der Waals surface area contributed by atoms with Crippen LogP contribution in [-0.2, 0) is 14.8 Å². The first-order valence-corrected chi connectivity index (χ1v) is 14.2. The summed E-state index contributed by atoms with van der Waals surface area (Å²) < 4.78 is 76.1. The van der Waals surface area contributed by atoms with E-state index in [0.29, 0.717) is 47.9 Å². The number of hydrogen-bond donors (Lipinski definition) is 1. The predicted molar refractivity (Wildman–Crippen MR) is 129 cm³/mol. The Hall–Kier alpha value is -1.93. The van der Waals surface area contributed by atoms with Crippen LogP contribution in [0.25, 0.3) is 16.2 Å². The smallest absolute Gasteiger partial charge is 0.291 e. The summed E-state index contributed by atoms with van der Waals surface area (Å²) in [5, 5.41) is 7.53. The molecule has 5 heterocycles. The summed E-state index contributed by atoms with van der Waals surface area (Å²) in [5.41, 5.74) is 0.593. The van der Waals surface area contributed by atoms with Crippen molar-refractivity contribution >= 4 is 44.2 Å². The van der Waals surface area contributed by atoms with Gasteiger partial charge in [-0.3, -0.25) is 0 Å². The van der Waals surface area contributed by atoms with E-state index in [0.717, 1.165) is 37.4 Å². The number of anilines is 1. The van der Waals surface area contributed by atoms with E-state index in [1.54, 1.807) is 16.5 Å². The van der Waals surface area contributed by atoms with Crippen LogP contribution < -0.4 is 9.62 Å². The van der Waals surface area contributed by atoms with Crippen molar-refractivity contribution < 1.29 is 26.3 Å². The lowest BCUT2D eigenvalue weighted by molar-refractivity contribution is -0.124. The number of fused-ring (bicyclic) bond motifs is 1. The number of pyridine rings is 1. The minimum atomic E-state index is -4.09. The van der Waals surface area contributed by atoms with E-state index in [2.05, 4.69) is 19.8 Å². The maximum atomic E-state index is 13.5. The first kappa shape index (κ1) is 24.4. The van der Waals surface area contributed by atoms with E-state index >= 15 is 0 Å². The first-order chi connectivity index (χ1) is 17.1. The van der Waals surface area contributed by atoms with E-state index in [-0.39, 0.29) is 15.3 Å². The number of ether oxygens (including phenoxy) is 1. The highest BCUT2D eigenvalue weighted by atomic mass is 35.5. The highest BCUT2D eigenvalue weighted by molar-refractivity contribution is 7.89. The van der Waals surface area contributed by atoms with Gasteiger partial charge in [-0.15, -0.1) is 10.2 Å². The molecule has 1 saturated carbocycles. The Morgan fingerprint density at radius 1 is 1.17 bits per heavy atom. The largest absolute Gasteiger partial charge is 0.380 e. The third-order valence-corrected chi connectivity index (χ3v) is 10.2. The Morgan fingerprint density at radius 3 is 2.44 bits per heavy atom. The zero-order valence-corrected chi connectivity index (χ0v) is 21.4. The number of aromatic nitrogens is 3. The van der Waals surface area contributed by atoms with Crippen LogP contribution in [0, 0.1) is 5.41 Å². The SMILES string of the molecule is O=S(=O)(NC1(CF)CC1)c1cc(N2CCC3(CC2)COC3)c2c(Cl)cc(-c3nnc(C(F)F)s3)n2c1. The molecule has 1 aliphatic carbocycles. The Bertz CT molecular complexity index is 1430. The predicted octanol–water partition coefficient (Wildman–Crippen LogP) is 4.45.